The molecule has 9 nitrogen and oxygen atoms in total. The Hall–Kier alpha value is -3.13. The number of ether oxygens (including phenoxy) is 2. The van der Waals surface area contributed by atoms with E-state index in [-0.39, 0.29) is 22.4 Å². The predicted molar refractivity (Wildman–Crippen MR) is 103 cm³/mol. The highest BCUT2D eigenvalue weighted by atomic mass is 35.5. The van der Waals surface area contributed by atoms with E-state index in [0.717, 1.165) is 18.2 Å². The van der Waals surface area contributed by atoms with E-state index in [9.17, 15) is 4.39 Å². The second-order valence-corrected chi connectivity index (χ2v) is 6.09. The molecule has 0 saturated heterocycles. The largest absolute Gasteiger partial charge is 0.484 e. The molecule has 0 aliphatic heterocycles. The molecule has 0 fully saturated rings. The summed E-state index contributed by atoms with van der Waals surface area (Å²) in [6, 6.07) is 6.10. The highest BCUT2D eigenvalue weighted by Crippen LogP contribution is 2.31. The van der Waals surface area contributed by atoms with Crippen LogP contribution in [0.1, 0.15) is 23.7 Å². The molecular weight excluding hydrogens is 423 g/mol. The van der Waals surface area contributed by atoms with Gasteiger partial charge in [-0.3, -0.25) is 0 Å². The van der Waals surface area contributed by atoms with Crippen LogP contribution < -0.4 is 10.1 Å². The van der Waals surface area contributed by atoms with Crippen molar-refractivity contribution in [3.05, 3.63) is 52.7 Å². The van der Waals surface area contributed by atoms with E-state index in [0.29, 0.717) is 19.6 Å². The number of furan rings is 1. The van der Waals surface area contributed by atoms with Gasteiger partial charge in [0.25, 0.3) is 0 Å². The summed E-state index contributed by atoms with van der Waals surface area (Å²) in [4.78, 5) is 18.2. The second kappa shape index (κ2) is 13.2. The van der Waals surface area contributed by atoms with E-state index in [2.05, 4.69) is 5.32 Å². The molecule has 0 saturated carbocycles. The van der Waals surface area contributed by atoms with Gasteiger partial charge in [0.1, 0.15) is 23.7 Å². The number of nitrogens with zero attached hydrogens (tertiary/aromatic N) is 1. The molecule has 1 heterocycles. The van der Waals surface area contributed by atoms with Crippen LogP contribution in [0.5, 0.6) is 5.75 Å². The van der Waals surface area contributed by atoms with Crippen LogP contribution in [0.2, 0.25) is 5.02 Å². The summed E-state index contributed by atoms with van der Waals surface area (Å²) in [5.41, 5.74) is 0.922. The Bertz CT molecular complexity index is 857. The first-order valence-electron chi connectivity index (χ1n) is 8.53. The van der Waals surface area contributed by atoms with Gasteiger partial charge in [-0.2, -0.15) is 5.26 Å². The molecule has 11 heteroatoms. The zero-order valence-corrected chi connectivity index (χ0v) is 16.7. The molecule has 0 amide bonds. The van der Waals surface area contributed by atoms with Crippen molar-refractivity contribution < 1.29 is 38.1 Å². The predicted octanol–water partition coefficient (Wildman–Crippen LogP) is 2.85. The van der Waals surface area contributed by atoms with Gasteiger partial charge in [0.15, 0.2) is 0 Å². The zero-order chi connectivity index (χ0) is 22.5. The van der Waals surface area contributed by atoms with Gasteiger partial charge in [-0.05, 0) is 18.7 Å². The summed E-state index contributed by atoms with van der Waals surface area (Å²) >= 11 is 5.80. The lowest BCUT2D eigenvalue weighted by atomic mass is 10.1. The molecule has 0 radical (unpaired) electrons. The SMILES string of the molecule is COCCNCC[C@@H](Oc1cc(Cl)c(F)cc1C#N)c1ccoc1.O=C(O)C(=O)O. The lowest BCUT2D eigenvalue weighted by Crippen LogP contribution is -2.23. The van der Waals surface area contributed by atoms with E-state index < -0.39 is 17.8 Å². The molecule has 2 aromatic rings. The number of methoxy groups -OCH3 is 1. The normalized spacial score (nSPS) is 11.0. The zero-order valence-electron chi connectivity index (χ0n) is 15.9. The smallest absolute Gasteiger partial charge is 0.414 e. The van der Waals surface area contributed by atoms with E-state index in [1.807, 2.05) is 6.07 Å². The van der Waals surface area contributed by atoms with Crippen LogP contribution in [0.25, 0.3) is 0 Å². The van der Waals surface area contributed by atoms with Gasteiger partial charge < -0.3 is 29.4 Å². The Kier molecular flexibility index (Phi) is 10.9. The number of carbonyl (C=O) groups is 2. The van der Waals surface area contributed by atoms with Crippen molar-refractivity contribution in [2.24, 2.45) is 0 Å². The average molecular weight is 443 g/mol. The molecule has 2 rings (SSSR count). The first-order valence-corrected chi connectivity index (χ1v) is 8.91. The minimum atomic E-state index is -1.82. The van der Waals surface area contributed by atoms with Crippen LogP contribution in [0, 0.1) is 17.1 Å². The van der Waals surface area contributed by atoms with Crippen LogP contribution in [0.3, 0.4) is 0 Å². The van der Waals surface area contributed by atoms with Crippen molar-refractivity contribution in [2.75, 3.05) is 26.8 Å². The van der Waals surface area contributed by atoms with E-state index in [1.54, 1.807) is 25.7 Å². The Balaban J connectivity index is 0.000000656. The van der Waals surface area contributed by atoms with Gasteiger partial charge in [0.2, 0.25) is 0 Å². The molecular formula is C19H20ClFN2O7. The monoisotopic (exact) mass is 442 g/mol. The van der Waals surface area contributed by atoms with Gasteiger partial charge in [-0.15, -0.1) is 0 Å². The number of halogens is 2. The number of rotatable bonds is 9. The third-order valence-corrected chi connectivity index (χ3v) is 3.87. The topological polar surface area (TPSA) is 142 Å². The van der Waals surface area contributed by atoms with Crippen molar-refractivity contribution in [1.29, 1.82) is 5.26 Å². The molecule has 0 bridgehead atoms. The maximum atomic E-state index is 13.5. The number of nitrogens with one attached hydrogen (secondary N) is 1. The van der Waals surface area contributed by atoms with Gasteiger partial charge in [-0.25, -0.2) is 14.0 Å². The van der Waals surface area contributed by atoms with E-state index >= 15 is 0 Å². The molecule has 30 heavy (non-hydrogen) atoms. The highest BCUT2D eigenvalue weighted by Gasteiger charge is 2.18. The third-order valence-electron chi connectivity index (χ3n) is 3.58. The fraction of sp³-hybridized carbons (Fsp3) is 0.316. The van der Waals surface area contributed by atoms with Crippen LogP contribution >= 0.6 is 11.6 Å². The summed E-state index contributed by atoms with van der Waals surface area (Å²) in [5, 5.41) is 27.1. The maximum Gasteiger partial charge on any atom is 0.414 e. The molecule has 0 spiro atoms. The average Bonchev–Trinajstić information content (AvgIpc) is 3.24. The first kappa shape index (κ1) is 24.9. The fourth-order valence-electron chi connectivity index (χ4n) is 2.15. The van der Waals surface area contributed by atoms with Crippen molar-refractivity contribution >= 4 is 23.5 Å². The molecule has 162 valence electrons. The standard InChI is InChI=1S/C17H18ClFN2O3.C2H2O4/c1-22-7-5-21-4-2-16(12-3-6-23-11-12)24-17-9-14(18)15(19)8-13(17)10-20;3-1(4)2(5)6/h3,6,8-9,11,16,21H,2,4-5,7H2,1H3;(H,3,4)(H,5,6)/t16-;/m1./s1. The minimum absolute atomic E-state index is 0.0897. The summed E-state index contributed by atoms with van der Waals surface area (Å²) in [6.45, 7) is 2.01. The molecule has 1 atom stereocenters. The van der Waals surface area contributed by atoms with Crippen LogP contribution in [0.4, 0.5) is 4.39 Å². The molecule has 0 aliphatic rings. The van der Waals surface area contributed by atoms with Gasteiger partial charge in [0, 0.05) is 31.7 Å². The molecule has 1 aromatic carbocycles. The fourth-order valence-corrected chi connectivity index (χ4v) is 2.30. The summed E-state index contributed by atoms with van der Waals surface area (Å²) in [7, 11) is 1.64. The lowest BCUT2D eigenvalue weighted by molar-refractivity contribution is -0.159. The number of benzene rings is 1. The lowest BCUT2D eigenvalue weighted by Gasteiger charge is -2.19. The minimum Gasteiger partial charge on any atom is -0.484 e. The Labute approximate surface area is 176 Å². The summed E-state index contributed by atoms with van der Waals surface area (Å²) < 4.78 is 29.5. The number of carboxylic acid groups (broad SMARTS) is 2. The van der Waals surface area contributed by atoms with E-state index in [4.69, 9.17) is 50.6 Å². The number of hydrogen-bond acceptors (Lipinski definition) is 7. The van der Waals surface area contributed by atoms with Crippen LogP contribution in [0.15, 0.2) is 35.1 Å². The molecule has 0 unspecified atom stereocenters. The van der Waals surface area contributed by atoms with Crippen molar-refractivity contribution in [2.45, 2.75) is 12.5 Å². The maximum absolute atomic E-state index is 13.5. The number of nitriles is 1. The van der Waals surface area contributed by atoms with Crippen molar-refractivity contribution in [3.63, 3.8) is 0 Å². The first-order chi connectivity index (χ1) is 14.3. The van der Waals surface area contributed by atoms with Crippen LogP contribution in [-0.4, -0.2) is 49.0 Å². The molecule has 0 aliphatic carbocycles. The van der Waals surface area contributed by atoms with Gasteiger partial charge >= 0.3 is 11.9 Å². The molecule has 3 N–H and O–H groups in total. The third kappa shape index (κ3) is 8.48. The Morgan fingerprint density at radius 1 is 1.33 bits per heavy atom. The number of carboxylic acids is 2. The van der Waals surface area contributed by atoms with Crippen molar-refractivity contribution in [3.8, 4) is 11.8 Å². The molecule has 1 aromatic heterocycles. The second-order valence-electron chi connectivity index (χ2n) is 5.68. The highest BCUT2D eigenvalue weighted by molar-refractivity contribution is 6.30. The quantitative estimate of drug-likeness (QED) is 0.394. The Morgan fingerprint density at radius 2 is 2.03 bits per heavy atom. The number of aliphatic carboxylic acids is 2. The van der Waals surface area contributed by atoms with Crippen molar-refractivity contribution in [1.82, 2.24) is 5.32 Å². The van der Waals surface area contributed by atoms with E-state index in [1.165, 1.54) is 6.07 Å². The van der Waals surface area contributed by atoms with Gasteiger partial charge in [0.05, 0.1) is 29.7 Å². The van der Waals surface area contributed by atoms with Crippen LogP contribution in [-0.2, 0) is 14.3 Å². The summed E-state index contributed by atoms with van der Waals surface area (Å²) in [6.07, 6.45) is 3.40. The number of hydrogen-bond donors (Lipinski definition) is 3. The summed E-state index contributed by atoms with van der Waals surface area (Å²) in [5.74, 6) is -4.06. The van der Waals surface area contributed by atoms with Gasteiger partial charge in [-0.1, -0.05) is 11.6 Å². The Morgan fingerprint density at radius 3 is 2.57 bits per heavy atom.